The van der Waals surface area contributed by atoms with E-state index in [4.69, 9.17) is 0 Å². The van der Waals surface area contributed by atoms with Gasteiger partial charge in [-0.25, -0.2) is 0 Å². The molecule has 1 radical (unpaired) electrons. The van der Waals surface area contributed by atoms with E-state index in [1.165, 1.54) is 19.3 Å². The van der Waals surface area contributed by atoms with Crippen molar-refractivity contribution in [3.8, 4) is 0 Å². The second-order valence-electron chi connectivity index (χ2n) is 3.00. The van der Waals surface area contributed by atoms with E-state index in [-0.39, 0.29) is 0 Å². The molecule has 0 nitrogen and oxygen atoms in total. The summed E-state index contributed by atoms with van der Waals surface area (Å²) in [5, 5.41) is 0. The predicted molar refractivity (Wildman–Crippen MR) is 41.1 cm³/mol. The van der Waals surface area contributed by atoms with Crippen LogP contribution in [0.15, 0.2) is 11.6 Å². The first-order chi connectivity index (χ1) is 4.30. The van der Waals surface area contributed by atoms with Gasteiger partial charge in [0.1, 0.15) is 0 Å². The highest BCUT2D eigenvalue weighted by Gasteiger charge is 2.05. The molecule has 0 atom stereocenters. The molecule has 0 saturated heterocycles. The molecule has 0 unspecified atom stereocenters. The van der Waals surface area contributed by atoms with Gasteiger partial charge in [-0.05, 0) is 31.6 Å². The van der Waals surface area contributed by atoms with Crippen molar-refractivity contribution < 1.29 is 0 Å². The zero-order valence-electron chi connectivity index (χ0n) is 6.35. The molecule has 9 heavy (non-hydrogen) atoms. The molecule has 1 rings (SSSR count). The third-order valence-electron chi connectivity index (χ3n) is 1.93. The maximum Gasteiger partial charge on any atom is -0.0260 e. The SMILES string of the molecule is CC(C)C1=CC[CH]CC1. The van der Waals surface area contributed by atoms with Crippen molar-refractivity contribution in [3.63, 3.8) is 0 Å². The number of hydrogen-bond donors (Lipinski definition) is 0. The average molecular weight is 123 g/mol. The van der Waals surface area contributed by atoms with E-state index < -0.39 is 0 Å². The van der Waals surface area contributed by atoms with Crippen molar-refractivity contribution in [1.82, 2.24) is 0 Å². The van der Waals surface area contributed by atoms with Crippen molar-refractivity contribution in [2.45, 2.75) is 33.1 Å². The Hall–Kier alpha value is -0.260. The van der Waals surface area contributed by atoms with Gasteiger partial charge in [0.2, 0.25) is 0 Å². The first kappa shape index (κ1) is 6.85. The molecule has 0 heteroatoms. The monoisotopic (exact) mass is 123 g/mol. The van der Waals surface area contributed by atoms with E-state index in [0.29, 0.717) is 0 Å². The fourth-order valence-electron chi connectivity index (χ4n) is 1.25. The lowest BCUT2D eigenvalue weighted by molar-refractivity contribution is 0.678. The van der Waals surface area contributed by atoms with E-state index in [2.05, 4.69) is 26.3 Å². The number of hydrogen-bond acceptors (Lipinski definition) is 0. The Labute approximate surface area is 58.0 Å². The highest BCUT2D eigenvalue weighted by atomic mass is 14.1. The van der Waals surface area contributed by atoms with E-state index in [1.807, 2.05) is 0 Å². The summed E-state index contributed by atoms with van der Waals surface area (Å²) in [4.78, 5) is 0. The standard InChI is InChI=1S/C9H15/c1-8(2)9-6-4-3-5-7-9/h3,6,8H,4-5,7H2,1-2H3. The van der Waals surface area contributed by atoms with Crippen LogP contribution in [0.5, 0.6) is 0 Å². The van der Waals surface area contributed by atoms with Gasteiger partial charge in [0, 0.05) is 0 Å². The van der Waals surface area contributed by atoms with E-state index in [9.17, 15) is 0 Å². The Morgan fingerprint density at radius 3 is 2.56 bits per heavy atom. The van der Waals surface area contributed by atoms with Gasteiger partial charge >= 0.3 is 0 Å². The molecule has 0 aliphatic heterocycles. The highest BCUT2D eigenvalue weighted by molar-refractivity contribution is 5.10. The third-order valence-corrected chi connectivity index (χ3v) is 1.93. The van der Waals surface area contributed by atoms with Crippen LogP contribution in [-0.4, -0.2) is 0 Å². The Morgan fingerprint density at radius 2 is 2.22 bits per heavy atom. The summed E-state index contributed by atoms with van der Waals surface area (Å²) in [6.07, 6.45) is 8.52. The second kappa shape index (κ2) is 3.05. The molecular formula is C9H15. The largest absolute Gasteiger partial charge is 0.0848 e. The first-order valence-electron chi connectivity index (χ1n) is 3.81. The molecule has 0 N–H and O–H groups in total. The lowest BCUT2D eigenvalue weighted by Crippen LogP contribution is -1.98. The Balaban J connectivity index is 2.46. The van der Waals surface area contributed by atoms with Gasteiger partial charge in [0.15, 0.2) is 0 Å². The van der Waals surface area contributed by atoms with Gasteiger partial charge < -0.3 is 0 Å². The van der Waals surface area contributed by atoms with E-state index >= 15 is 0 Å². The van der Waals surface area contributed by atoms with Crippen molar-refractivity contribution >= 4 is 0 Å². The minimum atomic E-state index is 0.777. The van der Waals surface area contributed by atoms with Crippen LogP contribution in [0.4, 0.5) is 0 Å². The molecule has 0 heterocycles. The molecule has 0 saturated carbocycles. The van der Waals surface area contributed by atoms with E-state index in [1.54, 1.807) is 5.57 Å². The van der Waals surface area contributed by atoms with Gasteiger partial charge in [-0.1, -0.05) is 25.5 Å². The molecule has 51 valence electrons. The summed E-state index contributed by atoms with van der Waals surface area (Å²) in [6, 6.07) is 0. The normalized spacial score (nSPS) is 20.1. The molecule has 0 amide bonds. The summed E-state index contributed by atoms with van der Waals surface area (Å²) < 4.78 is 0. The van der Waals surface area contributed by atoms with Crippen molar-refractivity contribution in [2.24, 2.45) is 5.92 Å². The van der Waals surface area contributed by atoms with Crippen molar-refractivity contribution in [2.75, 3.05) is 0 Å². The Morgan fingerprint density at radius 1 is 1.44 bits per heavy atom. The molecule has 1 aliphatic rings. The molecule has 0 spiro atoms. The first-order valence-corrected chi connectivity index (χ1v) is 3.81. The summed E-state index contributed by atoms with van der Waals surface area (Å²) in [5.74, 6) is 0.777. The van der Waals surface area contributed by atoms with Gasteiger partial charge in [0.25, 0.3) is 0 Å². The average Bonchev–Trinajstić information content (AvgIpc) is 1.90. The maximum absolute atomic E-state index is 2.37. The maximum atomic E-state index is 2.37. The summed E-state index contributed by atoms with van der Waals surface area (Å²) in [7, 11) is 0. The fourth-order valence-corrected chi connectivity index (χ4v) is 1.25. The second-order valence-corrected chi connectivity index (χ2v) is 3.00. The van der Waals surface area contributed by atoms with Gasteiger partial charge in [-0.3, -0.25) is 0 Å². The molecule has 0 aromatic rings. The fraction of sp³-hybridized carbons (Fsp3) is 0.667. The van der Waals surface area contributed by atoms with Crippen LogP contribution < -0.4 is 0 Å². The summed E-state index contributed by atoms with van der Waals surface area (Å²) in [6.45, 7) is 4.55. The smallest absolute Gasteiger partial charge is 0.0260 e. The Bertz CT molecular complexity index is 109. The summed E-state index contributed by atoms with van der Waals surface area (Å²) >= 11 is 0. The van der Waals surface area contributed by atoms with E-state index in [0.717, 1.165) is 5.92 Å². The van der Waals surface area contributed by atoms with Gasteiger partial charge in [0.05, 0.1) is 0 Å². The van der Waals surface area contributed by atoms with Crippen LogP contribution in [0.2, 0.25) is 0 Å². The Kier molecular flexibility index (Phi) is 2.32. The van der Waals surface area contributed by atoms with Crippen LogP contribution in [0.1, 0.15) is 33.1 Å². The van der Waals surface area contributed by atoms with Crippen molar-refractivity contribution in [1.29, 1.82) is 0 Å². The number of rotatable bonds is 1. The zero-order valence-corrected chi connectivity index (χ0v) is 6.35. The lowest BCUT2D eigenvalue weighted by Gasteiger charge is -2.14. The molecule has 1 aliphatic carbocycles. The van der Waals surface area contributed by atoms with Crippen LogP contribution in [-0.2, 0) is 0 Å². The van der Waals surface area contributed by atoms with Crippen LogP contribution >= 0.6 is 0 Å². The predicted octanol–water partition coefficient (Wildman–Crippen LogP) is 2.96. The van der Waals surface area contributed by atoms with Crippen LogP contribution in [0.3, 0.4) is 0 Å². The molecule has 0 aromatic heterocycles. The zero-order chi connectivity index (χ0) is 6.69. The van der Waals surface area contributed by atoms with Gasteiger partial charge in [-0.2, -0.15) is 0 Å². The highest BCUT2D eigenvalue weighted by Crippen LogP contribution is 2.22. The quantitative estimate of drug-likeness (QED) is 0.470. The summed E-state index contributed by atoms with van der Waals surface area (Å²) in [5.41, 5.74) is 1.65. The topological polar surface area (TPSA) is 0 Å². The molecule has 0 bridgehead atoms. The van der Waals surface area contributed by atoms with Gasteiger partial charge in [-0.15, -0.1) is 0 Å². The molecular weight excluding hydrogens is 108 g/mol. The lowest BCUT2D eigenvalue weighted by atomic mass is 9.92. The van der Waals surface area contributed by atoms with Crippen LogP contribution in [0, 0.1) is 12.3 Å². The van der Waals surface area contributed by atoms with Crippen LogP contribution in [0.25, 0.3) is 0 Å². The minimum absolute atomic E-state index is 0.777. The minimum Gasteiger partial charge on any atom is -0.0848 e. The molecule has 0 fully saturated rings. The molecule has 0 aromatic carbocycles. The number of allylic oxidation sites excluding steroid dienone is 2. The third kappa shape index (κ3) is 1.85. The van der Waals surface area contributed by atoms with Crippen molar-refractivity contribution in [3.05, 3.63) is 18.1 Å².